The highest BCUT2D eigenvalue weighted by Crippen LogP contribution is 2.42. The van der Waals surface area contributed by atoms with Crippen molar-refractivity contribution in [2.45, 2.75) is 19.5 Å². The summed E-state index contributed by atoms with van der Waals surface area (Å²) in [5, 5.41) is 0. The zero-order valence-electron chi connectivity index (χ0n) is 17.9. The van der Waals surface area contributed by atoms with Gasteiger partial charge in [-0.2, -0.15) is 13.2 Å². The van der Waals surface area contributed by atoms with Gasteiger partial charge >= 0.3 is 12.1 Å². The Morgan fingerprint density at radius 3 is 2.00 bits per heavy atom. The number of H-pyrrole nitrogens is 1. The number of hydrogen-bond acceptors (Lipinski definition) is 5. The normalized spacial score (nSPS) is 11.2. The monoisotopic (exact) mass is 449 g/mol. The molecule has 0 fully saturated rings. The van der Waals surface area contributed by atoms with Gasteiger partial charge in [-0.05, 0) is 48.9 Å². The van der Waals surface area contributed by atoms with E-state index in [2.05, 4.69) is 4.98 Å². The highest BCUT2D eigenvalue weighted by atomic mass is 19.4. The zero-order chi connectivity index (χ0) is 23.5. The molecular formula is C23H22F3NO5. The molecule has 1 N–H and O–H groups in total. The van der Waals surface area contributed by atoms with E-state index in [1.165, 1.54) is 21.3 Å². The summed E-state index contributed by atoms with van der Waals surface area (Å²) in [6.45, 7) is 1.91. The maximum Gasteiger partial charge on any atom is 0.416 e. The maximum atomic E-state index is 12.9. The number of rotatable bonds is 7. The minimum atomic E-state index is -4.47. The summed E-state index contributed by atoms with van der Waals surface area (Å²) in [4.78, 5) is 16.1. The Labute approximate surface area is 182 Å². The largest absolute Gasteiger partial charge is 0.493 e. The molecule has 0 aliphatic rings. The van der Waals surface area contributed by atoms with Crippen molar-refractivity contribution in [3.8, 4) is 34.3 Å². The van der Waals surface area contributed by atoms with Crippen LogP contribution < -0.4 is 18.9 Å². The van der Waals surface area contributed by atoms with Crippen LogP contribution in [0.3, 0.4) is 0 Å². The van der Waals surface area contributed by atoms with Crippen LogP contribution in [0.5, 0.6) is 23.0 Å². The van der Waals surface area contributed by atoms with Gasteiger partial charge in [0, 0.05) is 11.3 Å². The third kappa shape index (κ3) is 4.66. The van der Waals surface area contributed by atoms with Crippen LogP contribution in [0.1, 0.15) is 28.5 Å². The van der Waals surface area contributed by atoms with Gasteiger partial charge in [0.05, 0.1) is 38.2 Å². The first-order valence-corrected chi connectivity index (χ1v) is 9.63. The molecule has 0 aliphatic heterocycles. The van der Waals surface area contributed by atoms with E-state index in [4.69, 9.17) is 18.9 Å². The van der Waals surface area contributed by atoms with E-state index in [0.29, 0.717) is 34.9 Å². The molecule has 0 radical (unpaired) electrons. The second kappa shape index (κ2) is 9.25. The summed E-state index contributed by atoms with van der Waals surface area (Å²) in [6.07, 6.45) is -3.86. The van der Waals surface area contributed by atoms with Gasteiger partial charge in [0.15, 0.2) is 11.5 Å². The van der Waals surface area contributed by atoms with Gasteiger partial charge in [-0.3, -0.25) is 0 Å². The van der Waals surface area contributed by atoms with Crippen LogP contribution >= 0.6 is 0 Å². The van der Waals surface area contributed by atoms with Crippen molar-refractivity contribution in [2.24, 2.45) is 0 Å². The third-order valence-corrected chi connectivity index (χ3v) is 4.82. The zero-order valence-corrected chi connectivity index (χ0v) is 17.9. The van der Waals surface area contributed by atoms with Crippen molar-refractivity contribution >= 4 is 5.97 Å². The summed E-state index contributed by atoms with van der Waals surface area (Å²) in [5.74, 6) is 0.477. The third-order valence-electron chi connectivity index (χ3n) is 4.82. The van der Waals surface area contributed by atoms with E-state index >= 15 is 0 Å². The number of aromatic nitrogens is 1. The van der Waals surface area contributed by atoms with E-state index < -0.39 is 17.7 Å². The Morgan fingerprint density at radius 1 is 0.938 bits per heavy atom. The molecule has 170 valence electrons. The molecule has 32 heavy (non-hydrogen) atoms. The Kier molecular flexibility index (Phi) is 6.67. The van der Waals surface area contributed by atoms with Crippen LogP contribution in [0, 0.1) is 0 Å². The average Bonchev–Trinajstić information content (AvgIpc) is 3.22. The first-order valence-electron chi connectivity index (χ1n) is 9.63. The lowest BCUT2D eigenvalue weighted by Gasteiger charge is -2.14. The van der Waals surface area contributed by atoms with E-state index in [0.717, 1.165) is 30.0 Å². The van der Waals surface area contributed by atoms with E-state index in [9.17, 15) is 18.0 Å². The van der Waals surface area contributed by atoms with Crippen molar-refractivity contribution < 1.29 is 36.9 Å². The topological polar surface area (TPSA) is 69.8 Å². The van der Waals surface area contributed by atoms with Crippen molar-refractivity contribution in [1.82, 2.24) is 4.98 Å². The van der Waals surface area contributed by atoms with Crippen LogP contribution in [0.15, 0.2) is 42.5 Å². The Balaban J connectivity index is 1.99. The Bertz CT molecular complexity index is 1080. The number of aromatic amines is 1. The number of nitrogens with one attached hydrogen (secondary N) is 1. The van der Waals surface area contributed by atoms with Crippen molar-refractivity contribution in [3.63, 3.8) is 0 Å². The predicted molar refractivity (Wildman–Crippen MR) is 112 cm³/mol. The van der Waals surface area contributed by atoms with Gasteiger partial charge in [0.1, 0.15) is 5.75 Å². The molecule has 0 saturated carbocycles. The van der Waals surface area contributed by atoms with Crippen molar-refractivity contribution in [2.75, 3.05) is 21.3 Å². The van der Waals surface area contributed by atoms with Gasteiger partial charge in [0.25, 0.3) is 0 Å². The van der Waals surface area contributed by atoms with Gasteiger partial charge in [-0.15, -0.1) is 0 Å². The summed E-state index contributed by atoms with van der Waals surface area (Å²) >= 11 is 0. The number of alkyl halides is 3. The Morgan fingerprint density at radius 2 is 1.53 bits per heavy atom. The first kappa shape index (κ1) is 23.1. The highest BCUT2D eigenvalue weighted by molar-refractivity contribution is 5.98. The van der Waals surface area contributed by atoms with Crippen LogP contribution in [-0.4, -0.2) is 32.3 Å². The number of ether oxygens (including phenoxy) is 4. The molecule has 3 aromatic rings. The van der Waals surface area contributed by atoms with Crippen molar-refractivity contribution in [1.29, 1.82) is 0 Å². The van der Waals surface area contributed by atoms with Gasteiger partial charge in [-0.1, -0.05) is 6.92 Å². The molecule has 2 aromatic carbocycles. The lowest BCUT2D eigenvalue weighted by atomic mass is 10.1. The number of hydrogen-bond donors (Lipinski definition) is 1. The van der Waals surface area contributed by atoms with Crippen LogP contribution in [0.25, 0.3) is 11.3 Å². The fraction of sp³-hybridized carbons (Fsp3) is 0.261. The summed E-state index contributed by atoms with van der Waals surface area (Å²) < 4.78 is 59.7. The Hall–Kier alpha value is -3.62. The summed E-state index contributed by atoms with van der Waals surface area (Å²) in [7, 11) is 4.44. The number of halogens is 3. The molecule has 0 spiro atoms. The van der Waals surface area contributed by atoms with E-state index in [-0.39, 0.29) is 11.3 Å². The van der Waals surface area contributed by atoms with Gasteiger partial charge < -0.3 is 23.9 Å². The SMILES string of the molecule is CCc1cc(C(=O)Oc2ccc(C(F)(F)F)cc2)c(-c2cc(OC)c(OC)c(OC)c2)[nH]1. The number of carbonyl (C=O) groups is 1. The van der Waals surface area contributed by atoms with E-state index in [1.807, 2.05) is 6.92 Å². The molecule has 0 unspecified atom stereocenters. The minimum absolute atomic E-state index is 0.00177. The molecule has 6 nitrogen and oxygen atoms in total. The van der Waals surface area contributed by atoms with E-state index in [1.54, 1.807) is 18.2 Å². The number of benzene rings is 2. The fourth-order valence-electron chi connectivity index (χ4n) is 3.19. The van der Waals surface area contributed by atoms with Crippen molar-refractivity contribution in [3.05, 3.63) is 59.3 Å². The number of methoxy groups -OCH3 is 3. The molecule has 0 aliphatic carbocycles. The number of carbonyl (C=O) groups excluding carboxylic acids is 1. The molecule has 9 heteroatoms. The quantitative estimate of drug-likeness (QED) is 0.381. The second-order valence-corrected chi connectivity index (χ2v) is 6.76. The van der Waals surface area contributed by atoms with Crippen LogP contribution in [-0.2, 0) is 12.6 Å². The molecule has 0 atom stereocenters. The molecule has 0 bridgehead atoms. The molecule has 0 saturated heterocycles. The van der Waals surface area contributed by atoms with Crippen LogP contribution in [0.4, 0.5) is 13.2 Å². The lowest BCUT2D eigenvalue weighted by molar-refractivity contribution is -0.137. The van der Waals surface area contributed by atoms with Crippen LogP contribution in [0.2, 0.25) is 0 Å². The van der Waals surface area contributed by atoms with Gasteiger partial charge in [-0.25, -0.2) is 4.79 Å². The lowest BCUT2D eigenvalue weighted by Crippen LogP contribution is -2.10. The molecule has 3 rings (SSSR count). The maximum absolute atomic E-state index is 12.9. The summed E-state index contributed by atoms with van der Waals surface area (Å²) in [6, 6.07) is 8.93. The highest BCUT2D eigenvalue weighted by Gasteiger charge is 2.30. The minimum Gasteiger partial charge on any atom is -0.493 e. The number of esters is 1. The molecule has 1 aromatic heterocycles. The second-order valence-electron chi connectivity index (χ2n) is 6.76. The molecule has 0 amide bonds. The summed E-state index contributed by atoms with van der Waals surface area (Å²) in [5.41, 5.74) is 1.20. The molecular weight excluding hydrogens is 427 g/mol. The standard InChI is InChI=1S/C23H22F3NO5/c1-5-15-12-17(22(28)32-16-8-6-14(7-9-16)23(24,25)26)20(27-15)13-10-18(29-2)21(31-4)19(11-13)30-3/h6-12,27H,5H2,1-4H3. The predicted octanol–water partition coefficient (Wildman–Crippen LogP) is 5.51. The van der Waals surface area contributed by atoms with Gasteiger partial charge in [0.2, 0.25) is 5.75 Å². The molecule has 1 heterocycles. The number of aryl methyl sites for hydroxylation is 1. The smallest absolute Gasteiger partial charge is 0.416 e. The average molecular weight is 449 g/mol. The fourth-order valence-corrected chi connectivity index (χ4v) is 3.19. The first-order chi connectivity index (χ1) is 15.2.